The van der Waals surface area contributed by atoms with Crippen molar-refractivity contribution in [3.63, 3.8) is 0 Å². The number of carbonyl (C=O) groups excluding carboxylic acids is 1. The van der Waals surface area contributed by atoms with Crippen LogP contribution in [0.4, 0.5) is 0 Å². The molecule has 0 unspecified atom stereocenters. The lowest BCUT2D eigenvalue weighted by molar-refractivity contribution is -0.140. The van der Waals surface area contributed by atoms with Crippen LogP contribution in [0.5, 0.6) is 0 Å². The Morgan fingerprint density at radius 3 is 2.88 bits per heavy atom. The standard InChI is InChI=1S/C4H4BrNO2/c5-3-2-8-4(7)1-6-3/h1-2H2. The summed E-state index contributed by atoms with van der Waals surface area (Å²) in [7, 11) is 0. The van der Waals surface area contributed by atoms with E-state index >= 15 is 0 Å². The molecule has 4 heteroatoms. The molecule has 1 heterocycles. The van der Waals surface area contributed by atoms with Gasteiger partial charge in [0.1, 0.15) is 17.8 Å². The van der Waals surface area contributed by atoms with Crippen molar-refractivity contribution in [3.8, 4) is 0 Å². The van der Waals surface area contributed by atoms with E-state index in [0.717, 1.165) is 0 Å². The normalized spacial score (nSPS) is 19.6. The summed E-state index contributed by atoms with van der Waals surface area (Å²) in [6, 6.07) is 0. The smallest absolute Gasteiger partial charge is 0.328 e. The molecule has 0 spiro atoms. The Hall–Kier alpha value is -0.380. The molecular formula is C4H4BrNO2. The van der Waals surface area contributed by atoms with Gasteiger partial charge in [0, 0.05) is 0 Å². The van der Waals surface area contributed by atoms with Gasteiger partial charge in [-0.15, -0.1) is 0 Å². The number of ether oxygens (including phenoxy) is 1. The largest absolute Gasteiger partial charge is 0.457 e. The fraction of sp³-hybridized carbons (Fsp3) is 0.500. The van der Waals surface area contributed by atoms with Crippen molar-refractivity contribution in [2.24, 2.45) is 4.99 Å². The summed E-state index contributed by atoms with van der Waals surface area (Å²) in [5.74, 6) is -0.256. The van der Waals surface area contributed by atoms with Gasteiger partial charge in [-0.2, -0.15) is 0 Å². The fourth-order valence-corrected chi connectivity index (χ4v) is 0.622. The monoisotopic (exact) mass is 177 g/mol. The number of hydrogen-bond acceptors (Lipinski definition) is 3. The number of esters is 1. The van der Waals surface area contributed by atoms with E-state index in [1.54, 1.807) is 0 Å². The molecule has 0 saturated carbocycles. The third-order valence-electron chi connectivity index (χ3n) is 0.732. The Balaban J connectivity index is 2.55. The van der Waals surface area contributed by atoms with E-state index in [2.05, 4.69) is 25.7 Å². The van der Waals surface area contributed by atoms with Crippen LogP contribution in [-0.4, -0.2) is 23.7 Å². The Kier molecular flexibility index (Phi) is 1.62. The second-order valence-corrected chi connectivity index (χ2v) is 2.27. The summed E-state index contributed by atoms with van der Waals surface area (Å²) in [5, 5.41) is 0. The molecule has 8 heavy (non-hydrogen) atoms. The maximum Gasteiger partial charge on any atom is 0.328 e. The molecule has 0 fully saturated rings. The van der Waals surface area contributed by atoms with Crippen LogP contribution in [0.1, 0.15) is 0 Å². The van der Waals surface area contributed by atoms with Gasteiger partial charge in [-0.1, -0.05) is 0 Å². The maximum atomic E-state index is 10.3. The number of halogens is 1. The molecule has 0 aliphatic carbocycles. The van der Waals surface area contributed by atoms with Crippen LogP contribution >= 0.6 is 15.9 Å². The van der Waals surface area contributed by atoms with Gasteiger partial charge >= 0.3 is 5.97 Å². The van der Waals surface area contributed by atoms with Gasteiger partial charge in [-0.3, -0.25) is 9.79 Å². The van der Waals surface area contributed by atoms with Crippen molar-refractivity contribution in [2.75, 3.05) is 13.2 Å². The first-order valence-corrected chi connectivity index (χ1v) is 2.93. The summed E-state index contributed by atoms with van der Waals surface area (Å²) in [6.45, 7) is 0.444. The maximum absolute atomic E-state index is 10.3. The third-order valence-corrected chi connectivity index (χ3v) is 1.21. The lowest BCUT2D eigenvalue weighted by Gasteiger charge is -2.05. The van der Waals surface area contributed by atoms with Gasteiger partial charge in [-0.05, 0) is 15.9 Å². The van der Waals surface area contributed by atoms with Gasteiger partial charge in [0.25, 0.3) is 0 Å². The lowest BCUT2D eigenvalue weighted by Crippen LogP contribution is -2.18. The van der Waals surface area contributed by atoms with Gasteiger partial charge in [0.2, 0.25) is 0 Å². The molecule has 1 aliphatic rings. The highest BCUT2D eigenvalue weighted by atomic mass is 79.9. The molecular weight excluding hydrogens is 174 g/mol. The molecule has 0 saturated heterocycles. The van der Waals surface area contributed by atoms with E-state index in [1.807, 2.05) is 0 Å². The van der Waals surface area contributed by atoms with Crippen LogP contribution in [0.25, 0.3) is 0 Å². The summed E-state index contributed by atoms with van der Waals surface area (Å²) < 4.78 is 5.28. The zero-order valence-corrected chi connectivity index (χ0v) is 5.64. The number of nitrogens with zero attached hydrogens (tertiary/aromatic N) is 1. The highest BCUT2D eigenvalue weighted by Crippen LogP contribution is 1.97. The fourth-order valence-electron chi connectivity index (χ4n) is 0.382. The SMILES string of the molecule is O=C1CN=C(Br)CO1. The number of carbonyl (C=O) groups is 1. The average molecular weight is 178 g/mol. The Morgan fingerprint density at radius 1 is 1.75 bits per heavy atom. The minimum atomic E-state index is -0.256. The van der Waals surface area contributed by atoms with Gasteiger partial charge in [0.15, 0.2) is 0 Å². The highest BCUT2D eigenvalue weighted by Gasteiger charge is 2.08. The molecule has 0 aromatic heterocycles. The van der Waals surface area contributed by atoms with Crippen LogP contribution in [0.3, 0.4) is 0 Å². The van der Waals surface area contributed by atoms with Crippen molar-refractivity contribution in [1.82, 2.24) is 0 Å². The quantitative estimate of drug-likeness (QED) is 0.501. The Bertz CT molecular complexity index is 143. The molecule has 0 aromatic rings. The first-order chi connectivity index (χ1) is 3.79. The van der Waals surface area contributed by atoms with Crippen LogP contribution in [-0.2, 0) is 9.53 Å². The van der Waals surface area contributed by atoms with E-state index in [1.165, 1.54) is 0 Å². The summed E-state index contributed by atoms with van der Waals surface area (Å²) in [6.07, 6.45) is 0. The van der Waals surface area contributed by atoms with Gasteiger partial charge in [-0.25, -0.2) is 0 Å². The predicted octanol–water partition coefficient (Wildman–Crippen LogP) is 0.337. The molecule has 3 nitrogen and oxygen atoms in total. The topological polar surface area (TPSA) is 38.7 Å². The lowest BCUT2D eigenvalue weighted by atomic mass is 10.6. The molecule has 44 valence electrons. The Labute approximate surface area is 54.9 Å². The van der Waals surface area contributed by atoms with Crippen molar-refractivity contribution in [2.45, 2.75) is 0 Å². The molecule has 0 N–H and O–H groups in total. The summed E-state index contributed by atoms with van der Waals surface area (Å²) in [5.41, 5.74) is 0. The van der Waals surface area contributed by atoms with E-state index in [9.17, 15) is 4.79 Å². The molecule has 0 amide bonds. The van der Waals surface area contributed by atoms with Gasteiger partial charge < -0.3 is 4.74 Å². The molecule has 0 radical (unpaired) electrons. The first-order valence-electron chi connectivity index (χ1n) is 2.13. The van der Waals surface area contributed by atoms with E-state index in [4.69, 9.17) is 0 Å². The molecule has 1 aliphatic heterocycles. The van der Waals surface area contributed by atoms with Crippen molar-refractivity contribution in [1.29, 1.82) is 0 Å². The molecule has 0 atom stereocenters. The van der Waals surface area contributed by atoms with E-state index in [-0.39, 0.29) is 12.5 Å². The summed E-state index contributed by atoms with van der Waals surface area (Å²) in [4.78, 5) is 14.0. The van der Waals surface area contributed by atoms with E-state index < -0.39 is 0 Å². The van der Waals surface area contributed by atoms with Crippen molar-refractivity contribution in [3.05, 3.63) is 0 Å². The highest BCUT2D eigenvalue weighted by molar-refractivity contribution is 9.18. The second-order valence-electron chi connectivity index (χ2n) is 1.35. The number of hydrogen-bond donors (Lipinski definition) is 0. The summed E-state index contributed by atoms with van der Waals surface area (Å²) >= 11 is 3.09. The number of aliphatic imine (C=N–C) groups is 1. The van der Waals surface area contributed by atoms with Crippen LogP contribution in [0, 0.1) is 0 Å². The molecule has 0 aromatic carbocycles. The minimum absolute atomic E-state index is 0.153. The molecule has 0 bridgehead atoms. The minimum Gasteiger partial charge on any atom is -0.457 e. The molecule has 1 rings (SSSR count). The first kappa shape index (κ1) is 5.75. The third kappa shape index (κ3) is 1.30. The van der Waals surface area contributed by atoms with Crippen LogP contribution in [0.2, 0.25) is 0 Å². The van der Waals surface area contributed by atoms with Crippen molar-refractivity contribution >= 4 is 26.5 Å². The average Bonchev–Trinajstić information content (AvgIpc) is 1.77. The number of cyclic esters (lactones) is 1. The van der Waals surface area contributed by atoms with E-state index in [0.29, 0.717) is 11.2 Å². The Morgan fingerprint density at radius 2 is 2.50 bits per heavy atom. The number of rotatable bonds is 0. The van der Waals surface area contributed by atoms with Gasteiger partial charge in [0.05, 0.1) is 0 Å². The predicted molar refractivity (Wildman–Crippen MR) is 32.2 cm³/mol. The zero-order valence-electron chi connectivity index (χ0n) is 4.06. The van der Waals surface area contributed by atoms with Crippen LogP contribution in [0.15, 0.2) is 4.99 Å². The van der Waals surface area contributed by atoms with Crippen molar-refractivity contribution < 1.29 is 9.53 Å². The zero-order chi connectivity index (χ0) is 5.98. The second kappa shape index (κ2) is 2.26. The van der Waals surface area contributed by atoms with Crippen LogP contribution < -0.4 is 0 Å².